The number of hydrogen-bond acceptors (Lipinski definition) is 5. The largest absolute Gasteiger partial charge is 0.323 e. The van der Waals surface area contributed by atoms with Crippen LogP contribution in [0, 0.1) is 5.92 Å². The zero-order valence-electron chi connectivity index (χ0n) is 9.55. The molecular weight excluding hydrogens is 240 g/mol. The Labute approximate surface area is 101 Å². The molecule has 6 nitrogen and oxygen atoms in total. The van der Waals surface area contributed by atoms with E-state index in [1.165, 1.54) is 18.5 Å². The number of nitrogens with one attached hydrogen (secondary N) is 2. The number of nitrogens with two attached hydrogens (primary N) is 1. The van der Waals surface area contributed by atoms with Crippen LogP contribution in [0.15, 0.2) is 23.4 Å². The summed E-state index contributed by atoms with van der Waals surface area (Å²) in [5.41, 5.74) is 2.70. The van der Waals surface area contributed by atoms with E-state index in [1.807, 2.05) is 6.92 Å². The second-order valence-electron chi connectivity index (χ2n) is 4.26. The monoisotopic (exact) mass is 256 g/mol. The van der Waals surface area contributed by atoms with E-state index >= 15 is 0 Å². The molecule has 0 bridgehead atoms. The van der Waals surface area contributed by atoms with Crippen LogP contribution in [0.3, 0.4) is 0 Å². The minimum absolute atomic E-state index is 0.0502. The zero-order valence-corrected chi connectivity index (χ0v) is 10.4. The Hall–Kier alpha value is -1.18. The van der Waals surface area contributed by atoms with Gasteiger partial charge in [0, 0.05) is 18.4 Å². The third kappa shape index (κ3) is 2.74. The van der Waals surface area contributed by atoms with Gasteiger partial charge in [0.15, 0.2) is 0 Å². The number of pyridine rings is 1. The van der Waals surface area contributed by atoms with Crippen molar-refractivity contribution < 1.29 is 8.42 Å². The van der Waals surface area contributed by atoms with Gasteiger partial charge in [-0.2, -0.15) is 0 Å². The summed E-state index contributed by atoms with van der Waals surface area (Å²) >= 11 is 0. The molecule has 0 amide bonds. The first-order chi connectivity index (χ1) is 8.04. The van der Waals surface area contributed by atoms with Crippen molar-refractivity contribution in [2.45, 2.75) is 30.7 Å². The Balaban J connectivity index is 2.24. The highest BCUT2D eigenvalue weighted by Gasteiger charge is 2.31. The van der Waals surface area contributed by atoms with E-state index in [-0.39, 0.29) is 10.9 Å². The van der Waals surface area contributed by atoms with E-state index in [0.29, 0.717) is 11.6 Å². The average Bonchev–Trinajstić information content (AvgIpc) is 3.12. The molecule has 1 atom stereocenters. The normalized spacial score (nSPS) is 17.8. The van der Waals surface area contributed by atoms with Crippen molar-refractivity contribution in [2.24, 2.45) is 11.8 Å². The van der Waals surface area contributed by atoms with Crippen LogP contribution in [0.25, 0.3) is 0 Å². The van der Waals surface area contributed by atoms with Crippen molar-refractivity contribution in [2.75, 3.05) is 5.43 Å². The topological polar surface area (TPSA) is 97.1 Å². The first kappa shape index (κ1) is 12.3. The molecule has 1 saturated carbocycles. The van der Waals surface area contributed by atoms with Crippen LogP contribution in [-0.4, -0.2) is 19.4 Å². The van der Waals surface area contributed by atoms with E-state index in [4.69, 9.17) is 5.84 Å². The minimum Gasteiger partial charge on any atom is -0.323 e. The fourth-order valence-electron chi connectivity index (χ4n) is 1.71. The molecule has 0 aliphatic heterocycles. The summed E-state index contributed by atoms with van der Waals surface area (Å²) in [4.78, 5) is 3.89. The quantitative estimate of drug-likeness (QED) is 0.525. The smallest absolute Gasteiger partial charge is 0.244 e. The van der Waals surface area contributed by atoms with Gasteiger partial charge in [0.1, 0.15) is 4.90 Å². The highest BCUT2D eigenvalue weighted by molar-refractivity contribution is 7.89. The summed E-state index contributed by atoms with van der Waals surface area (Å²) in [5, 5.41) is 0. The molecule has 0 aromatic carbocycles. The maximum atomic E-state index is 12.1. The second kappa shape index (κ2) is 4.59. The Morgan fingerprint density at radius 1 is 1.53 bits per heavy atom. The number of aromatic nitrogens is 1. The molecule has 1 heterocycles. The predicted octanol–water partition coefficient (Wildman–Crippen LogP) is 0.444. The van der Waals surface area contributed by atoms with Gasteiger partial charge >= 0.3 is 0 Å². The molecule has 94 valence electrons. The van der Waals surface area contributed by atoms with Crippen molar-refractivity contribution in [1.29, 1.82) is 0 Å². The molecule has 1 aliphatic carbocycles. The number of nitrogens with zero attached hydrogens (tertiary/aromatic N) is 1. The molecule has 4 N–H and O–H groups in total. The van der Waals surface area contributed by atoms with Gasteiger partial charge in [-0.05, 0) is 31.7 Å². The van der Waals surface area contributed by atoms with Crippen LogP contribution in [0.1, 0.15) is 19.8 Å². The third-order valence-corrected chi connectivity index (χ3v) is 4.49. The van der Waals surface area contributed by atoms with Crippen LogP contribution < -0.4 is 16.0 Å². The Bertz CT molecular complexity index is 499. The summed E-state index contributed by atoms with van der Waals surface area (Å²) in [5.74, 6) is 5.73. The van der Waals surface area contributed by atoms with E-state index in [1.54, 1.807) is 0 Å². The Kier molecular flexibility index (Phi) is 3.32. The van der Waals surface area contributed by atoms with Crippen molar-refractivity contribution >= 4 is 15.7 Å². The number of sulfonamides is 1. The van der Waals surface area contributed by atoms with Crippen LogP contribution in [-0.2, 0) is 10.0 Å². The molecule has 0 radical (unpaired) electrons. The fraction of sp³-hybridized carbons (Fsp3) is 0.500. The second-order valence-corrected chi connectivity index (χ2v) is 5.95. The first-order valence-electron chi connectivity index (χ1n) is 5.47. The Morgan fingerprint density at radius 2 is 2.24 bits per heavy atom. The molecule has 7 heteroatoms. The van der Waals surface area contributed by atoms with Crippen LogP contribution in [0.5, 0.6) is 0 Å². The van der Waals surface area contributed by atoms with E-state index in [0.717, 1.165) is 12.8 Å². The number of nitrogen functional groups attached to an aromatic ring is 1. The first-order valence-corrected chi connectivity index (χ1v) is 6.96. The number of anilines is 1. The van der Waals surface area contributed by atoms with E-state index in [2.05, 4.69) is 15.1 Å². The van der Waals surface area contributed by atoms with Crippen molar-refractivity contribution in [3.05, 3.63) is 18.5 Å². The standard InChI is InChI=1S/C10H16N4O2S/c1-7(8-2-3-8)14-17(15,16)10-6-12-5-4-9(10)13-11/h4-8,14H,2-3,11H2,1H3,(H,12,13). The van der Waals surface area contributed by atoms with Gasteiger partial charge < -0.3 is 5.43 Å². The maximum Gasteiger partial charge on any atom is 0.244 e. The van der Waals surface area contributed by atoms with Gasteiger partial charge in [-0.1, -0.05) is 0 Å². The van der Waals surface area contributed by atoms with Crippen LogP contribution >= 0.6 is 0 Å². The summed E-state index contributed by atoms with van der Waals surface area (Å²) in [6.07, 6.45) is 4.94. The average molecular weight is 256 g/mol. The Morgan fingerprint density at radius 3 is 2.82 bits per heavy atom. The van der Waals surface area contributed by atoms with Crippen molar-refractivity contribution in [1.82, 2.24) is 9.71 Å². The molecule has 2 rings (SSSR count). The van der Waals surface area contributed by atoms with Gasteiger partial charge in [0.05, 0.1) is 5.69 Å². The highest BCUT2D eigenvalue weighted by Crippen LogP contribution is 2.33. The van der Waals surface area contributed by atoms with Gasteiger partial charge in [-0.3, -0.25) is 10.8 Å². The number of hydrogen-bond donors (Lipinski definition) is 3. The maximum absolute atomic E-state index is 12.1. The van der Waals surface area contributed by atoms with Crippen LogP contribution in [0.4, 0.5) is 5.69 Å². The predicted molar refractivity (Wildman–Crippen MR) is 64.6 cm³/mol. The summed E-state index contributed by atoms with van der Waals surface area (Å²) in [7, 11) is -3.56. The van der Waals surface area contributed by atoms with E-state index in [9.17, 15) is 8.42 Å². The molecule has 1 aromatic heterocycles. The molecule has 1 aliphatic rings. The summed E-state index contributed by atoms with van der Waals surface area (Å²) < 4.78 is 26.9. The molecule has 0 spiro atoms. The van der Waals surface area contributed by atoms with Crippen molar-refractivity contribution in [3.8, 4) is 0 Å². The lowest BCUT2D eigenvalue weighted by Crippen LogP contribution is -2.34. The molecule has 0 saturated heterocycles. The molecule has 1 fully saturated rings. The zero-order chi connectivity index (χ0) is 12.5. The SMILES string of the molecule is CC(NS(=O)(=O)c1cnccc1NN)C1CC1. The minimum atomic E-state index is -3.56. The van der Waals surface area contributed by atoms with Crippen molar-refractivity contribution in [3.63, 3.8) is 0 Å². The molecule has 17 heavy (non-hydrogen) atoms. The lowest BCUT2D eigenvalue weighted by molar-refractivity contribution is 0.538. The number of rotatable bonds is 5. The van der Waals surface area contributed by atoms with Gasteiger partial charge in [0.2, 0.25) is 10.0 Å². The summed E-state index contributed by atoms with van der Waals surface area (Å²) in [6, 6.07) is 1.47. The number of hydrazine groups is 1. The fourth-order valence-corrected chi connectivity index (χ4v) is 3.14. The molecular formula is C10H16N4O2S. The van der Waals surface area contributed by atoms with Gasteiger partial charge in [0.25, 0.3) is 0 Å². The highest BCUT2D eigenvalue weighted by atomic mass is 32.2. The lowest BCUT2D eigenvalue weighted by atomic mass is 10.2. The van der Waals surface area contributed by atoms with Gasteiger partial charge in [-0.25, -0.2) is 13.1 Å². The lowest BCUT2D eigenvalue weighted by Gasteiger charge is -2.14. The van der Waals surface area contributed by atoms with E-state index < -0.39 is 10.0 Å². The van der Waals surface area contributed by atoms with Gasteiger partial charge in [-0.15, -0.1) is 0 Å². The molecule has 1 aromatic rings. The third-order valence-electron chi connectivity index (χ3n) is 2.90. The van der Waals surface area contributed by atoms with Crippen LogP contribution in [0.2, 0.25) is 0 Å². The molecule has 1 unspecified atom stereocenters. The summed E-state index contributed by atoms with van der Waals surface area (Å²) in [6.45, 7) is 1.88.